The van der Waals surface area contributed by atoms with Gasteiger partial charge in [-0.2, -0.15) is 5.10 Å². The smallest absolute Gasteiger partial charge is 0.159 e. The monoisotopic (exact) mass is 223 g/mol. The fourth-order valence-corrected chi connectivity index (χ4v) is 1.48. The minimum absolute atomic E-state index is 0.539. The summed E-state index contributed by atoms with van der Waals surface area (Å²) < 4.78 is 1.55. The molecule has 0 radical (unpaired) electrons. The lowest BCUT2D eigenvalue weighted by atomic mass is 10.1. The van der Waals surface area contributed by atoms with Crippen LogP contribution in [0, 0.1) is 0 Å². The van der Waals surface area contributed by atoms with E-state index in [1.54, 1.807) is 30.1 Å². The Hall–Kier alpha value is -1.39. The van der Waals surface area contributed by atoms with Crippen molar-refractivity contribution in [2.75, 3.05) is 0 Å². The highest BCUT2D eigenvalue weighted by Crippen LogP contribution is 2.19. The van der Waals surface area contributed by atoms with Gasteiger partial charge in [0.1, 0.15) is 0 Å². The first-order chi connectivity index (χ1) is 7.18. The SMILES string of the molecule is C[C@@H](O)c1cccnc1-n1cc(Cl)cn1. The molecule has 2 heterocycles. The number of pyridine rings is 1. The van der Waals surface area contributed by atoms with E-state index in [-0.39, 0.29) is 0 Å². The molecule has 15 heavy (non-hydrogen) atoms. The molecular formula is C10H10ClN3O. The summed E-state index contributed by atoms with van der Waals surface area (Å²) in [5.41, 5.74) is 0.720. The van der Waals surface area contributed by atoms with Crippen molar-refractivity contribution in [2.24, 2.45) is 0 Å². The normalized spacial score (nSPS) is 12.7. The van der Waals surface area contributed by atoms with Crippen molar-refractivity contribution in [1.29, 1.82) is 0 Å². The Kier molecular flexibility index (Phi) is 2.70. The summed E-state index contributed by atoms with van der Waals surface area (Å²) in [7, 11) is 0. The second-order valence-electron chi connectivity index (χ2n) is 3.20. The number of aromatic nitrogens is 3. The molecule has 0 spiro atoms. The molecule has 0 aliphatic carbocycles. The van der Waals surface area contributed by atoms with Crippen molar-refractivity contribution in [1.82, 2.24) is 14.8 Å². The summed E-state index contributed by atoms with van der Waals surface area (Å²) in [6.07, 6.45) is 4.24. The van der Waals surface area contributed by atoms with Crippen molar-refractivity contribution < 1.29 is 5.11 Å². The van der Waals surface area contributed by atoms with Gasteiger partial charge in [0.2, 0.25) is 0 Å². The summed E-state index contributed by atoms with van der Waals surface area (Å²) in [6, 6.07) is 3.58. The van der Waals surface area contributed by atoms with Gasteiger partial charge in [0.05, 0.1) is 23.5 Å². The number of halogens is 1. The molecule has 0 amide bonds. The molecule has 0 aromatic carbocycles. The summed E-state index contributed by atoms with van der Waals surface area (Å²) in [4.78, 5) is 4.17. The van der Waals surface area contributed by atoms with Gasteiger partial charge in [0, 0.05) is 11.8 Å². The van der Waals surface area contributed by atoms with E-state index < -0.39 is 6.10 Å². The fourth-order valence-electron chi connectivity index (χ4n) is 1.34. The van der Waals surface area contributed by atoms with E-state index in [4.69, 9.17) is 11.6 Å². The van der Waals surface area contributed by atoms with Gasteiger partial charge in [-0.05, 0) is 13.0 Å². The van der Waals surface area contributed by atoms with Gasteiger partial charge in [-0.15, -0.1) is 0 Å². The molecule has 0 saturated carbocycles. The topological polar surface area (TPSA) is 50.9 Å². The number of aliphatic hydroxyl groups excluding tert-OH is 1. The van der Waals surface area contributed by atoms with Gasteiger partial charge in [0.15, 0.2) is 5.82 Å². The maximum atomic E-state index is 9.56. The van der Waals surface area contributed by atoms with Gasteiger partial charge in [-0.1, -0.05) is 17.7 Å². The quantitative estimate of drug-likeness (QED) is 0.847. The number of hydrogen-bond donors (Lipinski definition) is 1. The average molecular weight is 224 g/mol. The van der Waals surface area contributed by atoms with Crippen molar-refractivity contribution in [3.8, 4) is 5.82 Å². The van der Waals surface area contributed by atoms with E-state index in [1.807, 2.05) is 6.07 Å². The molecule has 4 nitrogen and oxygen atoms in total. The van der Waals surface area contributed by atoms with Crippen LogP contribution < -0.4 is 0 Å². The van der Waals surface area contributed by atoms with Gasteiger partial charge < -0.3 is 5.11 Å². The molecule has 2 rings (SSSR count). The zero-order chi connectivity index (χ0) is 10.8. The Labute approximate surface area is 92.1 Å². The Morgan fingerprint density at radius 3 is 2.93 bits per heavy atom. The third-order valence-corrected chi connectivity index (χ3v) is 2.23. The van der Waals surface area contributed by atoms with E-state index in [0.717, 1.165) is 5.56 Å². The van der Waals surface area contributed by atoms with Crippen molar-refractivity contribution in [3.63, 3.8) is 0 Å². The Bertz CT molecular complexity index is 467. The van der Waals surface area contributed by atoms with Crippen LogP contribution in [0.2, 0.25) is 5.02 Å². The third kappa shape index (κ3) is 2.00. The third-order valence-electron chi connectivity index (χ3n) is 2.04. The molecular weight excluding hydrogens is 214 g/mol. The first kappa shape index (κ1) is 10.1. The number of rotatable bonds is 2. The lowest BCUT2D eigenvalue weighted by Gasteiger charge is -2.09. The molecule has 1 N–H and O–H groups in total. The van der Waals surface area contributed by atoms with E-state index in [9.17, 15) is 5.11 Å². The Balaban J connectivity index is 2.52. The van der Waals surface area contributed by atoms with E-state index >= 15 is 0 Å². The number of hydrogen-bond acceptors (Lipinski definition) is 3. The first-order valence-corrected chi connectivity index (χ1v) is 4.90. The van der Waals surface area contributed by atoms with Crippen LogP contribution >= 0.6 is 11.6 Å². The van der Waals surface area contributed by atoms with Crippen LogP contribution in [0.5, 0.6) is 0 Å². The molecule has 0 saturated heterocycles. The predicted molar refractivity (Wildman–Crippen MR) is 57.0 cm³/mol. The van der Waals surface area contributed by atoms with E-state index in [0.29, 0.717) is 10.8 Å². The summed E-state index contributed by atoms with van der Waals surface area (Å²) in [6.45, 7) is 1.69. The molecule has 2 aromatic rings. The summed E-state index contributed by atoms with van der Waals surface area (Å²) in [5, 5.41) is 14.1. The molecule has 0 aliphatic heterocycles. The van der Waals surface area contributed by atoms with Gasteiger partial charge in [0.25, 0.3) is 0 Å². The van der Waals surface area contributed by atoms with Crippen LogP contribution in [0.3, 0.4) is 0 Å². The summed E-state index contributed by atoms with van der Waals surface area (Å²) >= 11 is 5.77. The van der Waals surface area contributed by atoms with Crippen LogP contribution in [0.15, 0.2) is 30.7 Å². The predicted octanol–water partition coefficient (Wildman–Crippen LogP) is 1.97. The molecule has 0 bridgehead atoms. The van der Waals surface area contributed by atoms with Crippen molar-refractivity contribution >= 4 is 11.6 Å². The van der Waals surface area contributed by atoms with Crippen molar-refractivity contribution in [3.05, 3.63) is 41.3 Å². The maximum Gasteiger partial charge on any atom is 0.159 e. The molecule has 1 atom stereocenters. The van der Waals surface area contributed by atoms with Gasteiger partial charge in [-0.3, -0.25) is 0 Å². The molecule has 78 valence electrons. The highest BCUT2D eigenvalue weighted by Gasteiger charge is 2.10. The Morgan fingerprint density at radius 1 is 1.53 bits per heavy atom. The van der Waals surface area contributed by atoms with Crippen LogP contribution in [0.25, 0.3) is 5.82 Å². The van der Waals surface area contributed by atoms with Crippen molar-refractivity contribution in [2.45, 2.75) is 13.0 Å². The second kappa shape index (κ2) is 4.00. The highest BCUT2D eigenvalue weighted by atomic mass is 35.5. The minimum atomic E-state index is -0.586. The van der Waals surface area contributed by atoms with Crippen LogP contribution in [-0.2, 0) is 0 Å². The minimum Gasteiger partial charge on any atom is -0.389 e. The highest BCUT2D eigenvalue weighted by molar-refractivity contribution is 6.30. The van der Waals surface area contributed by atoms with Crippen LogP contribution in [0.4, 0.5) is 0 Å². The largest absolute Gasteiger partial charge is 0.389 e. The maximum absolute atomic E-state index is 9.56. The second-order valence-corrected chi connectivity index (χ2v) is 3.63. The molecule has 5 heteroatoms. The fraction of sp³-hybridized carbons (Fsp3) is 0.200. The average Bonchev–Trinajstić information content (AvgIpc) is 2.65. The van der Waals surface area contributed by atoms with Crippen LogP contribution in [0.1, 0.15) is 18.6 Å². The number of nitrogens with zero attached hydrogens (tertiary/aromatic N) is 3. The van der Waals surface area contributed by atoms with E-state index in [1.165, 1.54) is 6.20 Å². The standard InChI is InChI=1S/C10H10ClN3O/c1-7(15)9-3-2-4-12-10(9)14-6-8(11)5-13-14/h2-7,15H,1H3/t7-/m1/s1. The van der Waals surface area contributed by atoms with Crippen LogP contribution in [-0.4, -0.2) is 19.9 Å². The zero-order valence-corrected chi connectivity index (χ0v) is 8.89. The lowest BCUT2D eigenvalue weighted by molar-refractivity contribution is 0.198. The van der Waals surface area contributed by atoms with Gasteiger partial charge in [-0.25, -0.2) is 9.67 Å². The molecule has 0 fully saturated rings. The lowest BCUT2D eigenvalue weighted by Crippen LogP contribution is -2.05. The molecule has 0 aliphatic rings. The number of aliphatic hydroxyl groups is 1. The molecule has 0 unspecified atom stereocenters. The molecule has 2 aromatic heterocycles. The zero-order valence-electron chi connectivity index (χ0n) is 8.13. The first-order valence-electron chi connectivity index (χ1n) is 4.52. The van der Waals surface area contributed by atoms with Gasteiger partial charge >= 0.3 is 0 Å². The Morgan fingerprint density at radius 2 is 2.33 bits per heavy atom. The summed E-state index contributed by atoms with van der Waals surface area (Å²) in [5.74, 6) is 0.597. The van der Waals surface area contributed by atoms with E-state index in [2.05, 4.69) is 10.1 Å².